The minimum atomic E-state index is -2.95. The second-order valence-corrected chi connectivity index (χ2v) is 4.19. The molecule has 0 radical (unpaired) electrons. The van der Waals surface area contributed by atoms with Crippen LogP contribution in [0.4, 0.5) is 14.5 Å². The van der Waals surface area contributed by atoms with Crippen molar-refractivity contribution < 1.29 is 33.1 Å². The molecular weight excluding hydrogens is 316 g/mol. The molecule has 0 aliphatic carbocycles. The van der Waals surface area contributed by atoms with Crippen molar-refractivity contribution >= 4 is 11.7 Å². The number of nitro groups is 1. The van der Waals surface area contributed by atoms with Gasteiger partial charge in [0.2, 0.25) is 0 Å². The minimum Gasteiger partial charge on any atom is -0.477 e. The van der Waals surface area contributed by atoms with Crippen LogP contribution >= 0.6 is 0 Å². The molecule has 23 heavy (non-hydrogen) atoms. The van der Waals surface area contributed by atoms with E-state index >= 15 is 0 Å². The number of carboxylic acid groups (broad SMARTS) is 1. The van der Waals surface area contributed by atoms with Gasteiger partial charge in [-0.1, -0.05) is 0 Å². The van der Waals surface area contributed by atoms with Crippen LogP contribution in [0.15, 0.2) is 42.5 Å². The molecule has 9 heteroatoms. The molecule has 0 aromatic heterocycles. The van der Waals surface area contributed by atoms with E-state index < -0.39 is 28.8 Å². The van der Waals surface area contributed by atoms with E-state index in [9.17, 15) is 23.7 Å². The van der Waals surface area contributed by atoms with E-state index in [1.54, 1.807) is 0 Å². The van der Waals surface area contributed by atoms with Gasteiger partial charge in [0.05, 0.1) is 4.92 Å². The predicted molar refractivity (Wildman–Crippen MR) is 73.2 cm³/mol. The third-order valence-electron chi connectivity index (χ3n) is 2.68. The largest absolute Gasteiger partial charge is 0.477 e. The number of halogens is 2. The van der Waals surface area contributed by atoms with Crippen LogP contribution < -0.4 is 9.47 Å². The number of ether oxygens (including phenoxy) is 2. The molecule has 0 bridgehead atoms. The van der Waals surface area contributed by atoms with Crippen molar-refractivity contribution in [2.75, 3.05) is 0 Å². The maximum absolute atomic E-state index is 12.0. The second-order valence-electron chi connectivity index (χ2n) is 4.19. The molecule has 0 amide bonds. The van der Waals surface area contributed by atoms with Crippen molar-refractivity contribution in [3.8, 4) is 17.2 Å². The summed E-state index contributed by atoms with van der Waals surface area (Å²) in [6.07, 6.45) is 0. The van der Waals surface area contributed by atoms with Crippen LogP contribution in [0.5, 0.6) is 17.2 Å². The number of hydrogen-bond donors (Lipinski definition) is 1. The Morgan fingerprint density at radius 1 is 1.09 bits per heavy atom. The molecule has 0 fully saturated rings. The molecule has 0 saturated heterocycles. The number of carbonyl (C=O) groups is 1. The van der Waals surface area contributed by atoms with Gasteiger partial charge < -0.3 is 14.6 Å². The van der Waals surface area contributed by atoms with Crippen LogP contribution in [-0.2, 0) is 0 Å². The van der Waals surface area contributed by atoms with E-state index in [0.29, 0.717) is 0 Å². The van der Waals surface area contributed by atoms with Gasteiger partial charge in [-0.3, -0.25) is 10.1 Å². The second kappa shape index (κ2) is 6.69. The fourth-order valence-corrected chi connectivity index (χ4v) is 1.73. The van der Waals surface area contributed by atoms with Gasteiger partial charge in [0.25, 0.3) is 5.69 Å². The molecule has 0 heterocycles. The molecule has 2 aromatic rings. The Labute approximate surface area is 127 Å². The van der Waals surface area contributed by atoms with E-state index in [0.717, 1.165) is 12.1 Å². The monoisotopic (exact) mass is 325 g/mol. The van der Waals surface area contributed by atoms with Gasteiger partial charge in [-0.2, -0.15) is 8.78 Å². The van der Waals surface area contributed by atoms with Gasteiger partial charge in [0.15, 0.2) is 0 Å². The summed E-state index contributed by atoms with van der Waals surface area (Å²) in [6, 6.07) is 8.39. The van der Waals surface area contributed by atoms with Crippen LogP contribution in [0, 0.1) is 10.1 Å². The van der Waals surface area contributed by atoms with Gasteiger partial charge in [0.1, 0.15) is 22.8 Å². The lowest BCUT2D eigenvalue weighted by Crippen LogP contribution is -2.03. The highest BCUT2D eigenvalue weighted by Crippen LogP contribution is 2.29. The number of benzene rings is 2. The maximum Gasteiger partial charge on any atom is 0.387 e. The van der Waals surface area contributed by atoms with Crippen molar-refractivity contribution in [3.63, 3.8) is 0 Å². The molecule has 0 atom stereocenters. The minimum absolute atomic E-state index is 0.0514. The van der Waals surface area contributed by atoms with Crippen molar-refractivity contribution in [3.05, 3.63) is 58.1 Å². The summed E-state index contributed by atoms with van der Waals surface area (Å²) >= 11 is 0. The topological polar surface area (TPSA) is 98.9 Å². The molecule has 2 aromatic carbocycles. The van der Waals surface area contributed by atoms with Gasteiger partial charge in [0, 0.05) is 12.1 Å². The standard InChI is InChI=1S/C14H9F2NO6/c15-14(16)23-9-3-1-8(2-4-9)22-10-5-6-12(17(20)21)11(7-10)13(18)19/h1-7,14H,(H,18,19). The summed E-state index contributed by atoms with van der Waals surface area (Å²) < 4.78 is 33.6. The van der Waals surface area contributed by atoms with Crippen LogP contribution in [0.2, 0.25) is 0 Å². The van der Waals surface area contributed by atoms with Crippen molar-refractivity contribution in [2.45, 2.75) is 6.61 Å². The number of aromatic carboxylic acids is 1. The van der Waals surface area contributed by atoms with E-state index in [4.69, 9.17) is 9.84 Å². The normalized spacial score (nSPS) is 10.4. The number of nitro benzene ring substituents is 1. The highest BCUT2D eigenvalue weighted by atomic mass is 19.3. The van der Waals surface area contributed by atoms with E-state index in [1.807, 2.05) is 0 Å². The highest BCUT2D eigenvalue weighted by Gasteiger charge is 2.20. The van der Waals surface area contributed by atoms with Crippen LogP contribution in [-0.4, -0.2) is 22.6 Å². The molecule has 7 nitrogen and oxygen atoms in total. The summed E-state index contributed by atoms with van der Waals surface area (Å²) in [5, 5.41) is 19.7. The third-order valence-corrected chi connectivity index (χ3v) is 2.68. The smallest absolute Gasteiger partial charge is 0.387 e. The molecule has 0 aliphatic heterocycles. The lowest BCUT2D eigenvalue weighted by molar-refractivity contribution is -0.385. The molecule has 1 N–H and O–H groups in total. The van der Waals surface area contributed by atoms with Gasteiger partial charge in [-0.15, -0.1) is 0 Å². The molecular formula is C14H9F2NO6. The molecule has 0 saturated carbocycles. The lowest BCUT2D eigenvalue weighted by atomic mass is 10.1. The van der Waals surface area contributed by atoms with E-state index in [-0.39, 0.29) is 17.2 Å². The Hall–Kier alpha value is -3.23. The zero-order chi connectivity index (χ0) is 17.0. The molecule has 0 aliphatic rings. The number of rotatable bonds is 6. The van der Waals surface area contributed by atoms with Gasteiger partial charge in [-0.05, 0) is 30.3 Å². The first-order valence-corrected chi connectivity index (χ1v) is 6.11. The molecule has 2 rings (SSSR count). The Morgan fingerprint density at radius 3 is 2.17 bits per heavy atom. The van der Waals surface area contributed by atoms with Gasteiger partial charge in [-0.25, -0.2) is 4.79 Å². The van der Waals surface area contributed by atoms with Crippen molar-refractivity contribution in [2.24, 2.45) is 0 Å². The maximum atomic E-state index is 12.0. The first kappa shape index (κ1) is 16.1. The number of alkyl halides is 2. The number of carboxylic acids is 1. The van der Waals surface area contributed by atoms with Crippen molar-refractivity contribution in [1.82, 2.24) is 0 Å². The Balaban J connectivity index is 2.21. The van der Waals surface area contributed by atoms with E-state index in [1.165, 1.54) is 30.3 Å². The average molecular weight is 325 g/mol. The van der Waals surface area contributed by atoms with E-state index in [2.05, 4.69) is 4.74 Å². The number of hydrogen-bond acceptors (Lipinski definition) is 5. The summed E-state index contributed by atoms with van der Waals surface area (Å²) in [5.74, 6) is -1.27. The fraction of sp³-hybridized carbons (Fsp3) is 0.0714. The first-order chi connectivity index (χ1) is 10.9. The predicted octanol–water partition coefficient (Wildman–Crippen LogP) is 3.69. The fourth-order valence-electron chi connectivity index (χ4n) is 1.73. The highest BCUT2D eigenvalue weighted by molar-refractivity contribution is 5.92. The Morgan fingerprint density at radius 2 is 1.65 bits per heavy atom. The molecule has 120 valence electrons. The summed E-state index contributed by atoms with van der Waals surface area (Å²) in [4.78, 5) is 21.0. The molecule has 0 spiro atoms. The zero-order valence-corrected chi connectivity index (χ0v) is 11.3. The van der Waals surface area contributed by atoms with Crippen molar-refractivity contribution in [1.29, 1.82) is 0 Å². The zero-order valence-electron chi connectivity index (χ0n) is 11.3. The van der Waals surface area contributed by atoms with Crippen LogP contribution in [0.1, 0.15) is 10.4 Å². The summed E-state index contributed by atoms with van der Waals surface area (Å²) in [5.41, 5.74) is -1.09. The Kier molecular flexibility index (Phi) is 4.69. The third kappa shape index (κ3) is 4.13. The van der Waals surface area contributed by atoms with Gasteiger partial charge >= 0.3 is 12.6 Å². The van der Waals surface area contributed by atoms with Crippen LogP contribution in [0.3, 0.4) is 0 Å². The summed E-state index contributed by atoms with van der Waals surface area (Å²) in [7, 11) is 0. The lowest BCUT2D eigenvalue weighted by Gasteiger charge is -2.08. The first-order valence-electron chi connectivity index (χ1n) is 6.11. The average Bonchev–Trinajstić information content (AvgIpc) is 2.48. The Bertz CT molecular complexity index is 733. The van der Waals surface area contributed by atoms with Crippen LogP contribution in [0.25, 0.3) is 0 Å². The summed E-state index contributed by atoms with van der Waals surface area (Å²) in [6.45, 7) is -2.95. The SMILES string of the molecule is O=C(O)c1cc(Oc2ccc(OC(F)F)cc2)ccc1[N+](=O)[O-]. The quantitative estimate of drug-likeness (QED) is 0.642. The molecule has 0 unspecified atom stereocenters. The number of nitrogens with zero attached hydrogens (tertiary/aromatic N) is 1.